The Morgan fingerprint density at radius 2 is 1.67 bits per heavy atom. The SMILES string of the molecule is CC(C)Oc1ccc(CCN2CCN(C(C)I)CC2)cc1. The molecule has 0 amide bonds. The predicted octanol–water partition coefficient (Wildman–Crippen LogP) is 3.41. The van der Waals surface area contributed by atoms with E-state index in [2.05, 4.69) is 77.4 Å². The molecule has 118 valence electrons. The van der Waals surface area contributed by atoms with Crippen molar-refractivity contribution in [1.29, 1.82) is 0 Å². The highest BCUT2D eigenvalue weighted by Crippen LogP contribution is 2.15. The van der Waals surface area contributed by atoms with Crippen LogP contribution in [0.1, 0.15) is 26.3 Å². The van der Waals surface area contributed by atoms with Crippen LogP contribution in [-0.2, 0) is 6.42 Å². The number of hydrogen-bond acceptors (Lipinski definition) is 3. The molecule has 1 aromatic rings. The quantitative estimate of drug-likeness (QED) is 0.412. The predicted molar refractivity (Wildman–Crippen MR) is 97.4 cm³/mol. The molecule has 1 atom stereocenters. The van der Waals surface area contributed by atoms with Gasteiger partial charge in [-0.2, -0.15) is 0 Å². The highest BCUT2D eigenvalue weighted by Gasteiger charge is 2.18. The second kappa shape index (κ2) is 8.34. The molecule has 3 nitrogen and oxygen atoms in total. The molecule has 0 aliphatic carbocycles. The first-order chi connectivity index (χ1) is 10.0. The van der Waals surface area contributed by atoms with Crippen molar-refractivity contribution < 1.29 is 4.74 Å². The molecule has 0 N–H and O–H groups in total. The molecule has 0 radical (unpaired) electrons. The lowest BCUT2D eigenvalue weighted by Crippen LogP contribution is -2.48. The minimum absolute atomic E-state index is 0.243. The van der Waals surface area contributed by atoms with Gasteiger partial charge < -0.3 is 9.64 Å². The number of ether oxygens (including phenoxy) is 1. The van der Waals surface area contributed by atoms with Crippen LogP contribution in [0.4, 0.5) is 0 Å². The van der Waals surface area contributed by atoms with E-state index in [1.54, 1.807) is 0 Å². The van der Waals surface area contributed by atoms with E-state index >= 15 is 0 Å². The van der Waals surface area contributed by atoms with Crippen molar-refractivity contribution in [1.82, 2.24) is 9.80 Å². The Balaban J connectivity index is 1.74. The zero-order valence-corrected chi connectivity index (χ0v) is 15.5. The standard InChI is InChI=1S/C17H27IN2O/c1-14(2)21-17-6-4-16(5-7-17)8-9-19-10-12-20(13-11-19)15(3)18/h4-7,14-15H,8-13H2,1-3H3. The summed E-state index contributed by atoms with van der Waals surface area (Å²) in [7, 11) is 0. The van der Waals surface area contributed by atoms with Crippen LogP contribution in [0.3, 0.4) is 0 Å². The Bertz CT molecular complexity index is 411. The molecule has 4 heteroatoms. The van der Waals surface area contributed by atoms with Gasteiger partial charge in [-0.15, -0.1) is 0 Å². The van der Waals surface area contributed by atoms with Gasteiger partial charge in [-0.05, 0) is 44.9 Å². The third-order valence-corrected chi connectivity index (χ3v) is 4.71. The topological polar surface area (TPSA) is 15.7 Å². The van der Waals surface area contributed by atoms with Crippen LogP contribution in [0.25, 0.3) is 0 Å². The average molecular weight is 402 g/mol. The number of piperazine rings is 1. The maximum atomic E-state index is 5.68. The summed E-state index contributed by atoms with van der Waals surface area (Å²) in [5, 5.41) is 0. The highest BCUT2D eigenvalue weighted by atomic mass is 127. The van der Waals surface area contributed by atoms with Crippen LogP contribution in [0, 0.1) is 0 Å². The largest absolute Gasteiger partial charge is 0.491 e. The molecule has 1 unspecified atom stereocenters. The number of hydrogen-bond donors (Lipinski definition) is 0. The third kappa shape index (κ3) is 5.75. The van der Waals surface area contributed by atoms with Crippen LogP contribution in [0.2, 0.25) is 0 Å². The Labute approximate surface area is 142 Å². The van der Waals surface area contributed by atoms with Gasteiger partial charge in [0.25, 0.3) is 0 Å². The molecule has 1 heterocycles. The molecule has 2 rings (SSSR count). The molecule has 0 aromatic heterocycles. The fourth-order valence-electron chi connectivity index (χ4n) is 2.64. The van der Waals surface area contributed by atoms with E-state index < -0.39 is 0 Å². The molecule has 1 aliphatic rings. The minimum atomic E-state index is 0.243. The van der Waals surface area contributed by atoms with E-state index in [0.29, 0.717) is 4.05 Å². The highest BCUT2D eigenvalue weighted by molar-refractivity contribution is 14.1. The van der Waals surface area contributed by atoms with Crippen LogP contribution in [0.5, 0.6) is 5.75 Å². The maximum Gasteiger partial charge on any atom is 0.119 e. The Hall–Kier alpha value is -0.330. The Morgan fingerprint density at radius 1 is 1.05 bits per heavy atom. The van der Waals surface area contributed by atoms with Gasteiger partial charge in [0, 0.05) is 32.7 Å². The summed E-state index contributed by atoms with van der Waals surface area (Å²) >= 11 is 2.51. The van der Waals surface area contributed by atoms with Crippen LogP contribution in [0.15, 0.2) is 24.3 Å². The first kappa shape index (κ1) is 17.0. The van der Waals surface area contributed by atoms with Gasteiger partial charge in [0.2, 0.25) is 0 Å². The number of benzene rings is 1. The van der Waals surface area contributed by atoms with Gasteiger partial charge in [-0.1, -0.05) is 34.7 Å². The second-order valence-corrected chi connectivity index (χ2v) is 7.81. The lowest BCUT2D eigenvalue weighted by Gasteiger charge is -2.36. The van der Waals surface area contributed by atoms with E-state index in [-0.39, 0.29) is 6.10 Å². The molecular weight excluding hydrogens is 375 g/mol. The second-order valence-electron chi connectivity index (χ2n) is 6.01. The lowest BCUT2D eigenvalue weighted by molar-refractivity contribution is 0.133. The van der Waals surface area contributed by atoms with Crippen molar-refractivity contribution in [3.63, 3.8) is 0 Å². The van der Waals surface area contributed by atoms with E-state index in [9.17, 15) is 0 Å². The summed E-state index contributed by atoms with van der Waals surface area (Å²) in [5.74, 6) is 0.971. The lowest BCUT2D eigenvalue weighted by atomic mass is 10.1. The van der Waals surface area contributed by atoms with Crippen LogP contribution < -0.4 is 4.74 Å². The van der Waals surface area contributed by atoms with Crippen molar-refractivity contribution in [3.8, 4) is 5.75 Å². The van der Waals surface area contributed by atoms with E-state index in [4.69, 9.17) is 4.74 Å². The third-order valence-electron chi connectivity index (χ3n) is 3.92. The summed E-state index contributed by atoms with van der Waals surface area (Å²) in [5.41, 5.74) is 1.40. The first-order valence-corrected chi connectivity index (χ1v) is 9.15. The van der Waals surface area contributed by atoms with E-state index in [0.717, 1.165) is 18.7 Å². The summed E-state index contributed by atoms with van der Waals surface area (Å²) in [6.45, 7) is 12.3. The van der Waals surface area contributed by atoms with Gasteiger partial charge in [0.1, 0.15) is 5.75 Å². The van der Waals surface area contributed by atoms with Gasteiger partial charge in [-0.3, -0.25) is 4.90 Å². The van der Waals surface area contributed by atoms with Crippen LogP contribution >= 0.6 is 22.6 Å². The summed E-state index contributed by atoms with van der Waals surface area (Å²) in [6.07, 6.45) is 1.37. The van der Waals surface area contributed by atoms with Gasteiger partial charge >= 0.3 is 0 Å². The molecule has 1 saturated heterocycles. The van der Waals surface area contributed by atoms with Crippen molar-refractivity contribution in [2.45, 2.75) is 37.3 Å². The minimum Gasteiger partial charge on any atom is -0.491 e. The molecule has 1 aliphatic heterocycles. The molecule has 1 aromatic carbocycles. The Morgan fingerprint density at radius 3 is 2.19 bits per heavy atom. The molecule has 1 fully saturated rings. The number of nitrogens with zero attached hydrogens (tertiary/aromatic N) is 2. The van der Waals surface area contributed by atoms with E-state index in [1.807, 2.05) is 0 Å². The zero-order chi connectivity index (χ0) is 15.2. The fraction of sp³-hybridized carbons (Fsp3) is 0.647. The molecule has 21 heavy (non-hydrogen) atoms. The maximum absolute atomic E-state index is 5.68. The number of rotatable bonds is 6. The molecule has 0 saturated carbocycles. The fourth-order valence-corrected chi connectivity index (χ4v) is 3.19. The average Bonchev–Trinajstić information content (AvgIpc) is 2.46. The summed E-state index contributed by atoms with van der Waals surface area (Å²) < 4.78 is 6.33. The molecular formula is C17H27IN2O. The van der Waals surface area contributed by atoms with Gasteiger partial charge in [0.05, 0.1) is 10.2 Å². The van der Waals surface area contributed by atoms with Gasteiger partial charge in [-0.25, -0.2) is 0 Å². The number of halogens is 1. The Kier molecular flexibility index (Phi) is 6.76. The molecule has 0 spiro atoms. The summed E-state index contributed by atoms with van der Waals surface area (Å²) in [4.78, 5) is 5.13. The number of alkyl halides is 1. The van der Waals surface area contributed by atoms with Crippen molar-refractivity contribution in [2.75, 3.05) is 32.7 Å². The van der Waals surface area contributed by atoms with Crippen molar-refractivity contribution in [2.24, 2.45) is 0 Å². The van der Waals surface area contributed by atoms with Crippen LogP contribution in [-0.4, -0.2) is 52.7 Å². The smallest absolute Gasteiger partial charge is 0.119 e. The monoisotopic (exact) mass is 402 g/mol. The zero-order valence-electron chi connectivity index (χ0n) is 13.4. The van der Waals surface area contributed by atoms with Crippen molar-refractivity contribution in [3.05, 3.63) is 29.8 Å². The molecule has 0 bridgehead atoms. The van der Waals surface area contributed by atoms with E-state index in [1.165, 1.54) is 31.7 Å². The normalized spacial score (nSPS) is 18.9. The van der Waals surface area contributed by atoms with Gasteiger partial charge in [0.15, 0.2) is 0 Å². The van der Waals surface area contributed by atoms with Crippen molar-refractivity contribution >= 4 is 22.6 Å². The summed E-state index contributed by atoms with van der Waals surface area (Å²) in [6, 6.07) is 8.57. The first-order valence-electron chi connectivity index (χ1n) is 7.90.